The molecule has 0 unspecified atom stereocenters. The van der Waals surface area contributed by atoms with E-state index in [0.29, 0.717) is 13.0 Å². The van der Waals surface area contributed by atoms with Gasteiger partial charge in [0.15, 0.2) is 0 Å². The Labute approximate surface area is 147 Å². The van der Waals surface area contributed by atoms with Crippen molar-refractivity contribution >= 4 is 17.2 Å². The highest BCUT2D eigenvalue weighted by molar-refractivity contribution is 7.09. The second-order valence-corrected chi connectivity index (χ2v) is 6.44. The first-order chi connectivity index (χ1) is 11.6. The summed E-state index contributed by atoms with van der Waals surface area (Å²) in [6, 6.07) is 7.54. The molecule has 1 aromatic heterocycles. The van der Waals surface area contributed by atoms with Crippen molar-refractivity contribution in [2.45, 2.75) is 33.4 Å². The molecular weight excluding hydrogens is 322 g/mol. The van der Waals surface area contributed by atoms with Crippen LogP contribution in [0.25, 0.3) is 0 Å². The van der Waals surface area contributed by atoms with E-state index in [1.54, 1.807) is 18.4 Å². The molecule has 0 saturated carbocycles. The summed E-state index contributed by atoms with van der Waals surface area (Å²) < 4.78 is 5.11. The van der Waals surface area contributed by atoms with Gasteiger partial charge in [0.2, 0.25) is 5.91 Å². The maximum absolute atomic E-state index is 12.0. The van der Waals surface area contributed by atoms with Crippen molar-refractivity contribution in [2.24, 2.45) is 0 Å². The lowest BCUT2D eigenvalue weighted by atomic mass is 10.1. The fourth-order valence-electron chi connectivity index (χ4n) is 2.34. The Kier molecular flexibility index (Phi) is 7.21. The van der Waals surface area contributed by atoms with Crippen LogP contribution in [0.2, 0.25) is 0 Å². The number of ether oxygens (including phenoxy) is 1. The molecule has 0 aliphatic carbocycles. The topological polar surface area (TPSA) is 54.5 Å². The average Bonchev–Trinajstić information content (AvgIpc) is 3.06. The molecule has 0 aliphatic rings. The normalized spacial score (nSPS) is 10.8. The van der Waals surface area contributed by atoms with Gasteiger partial charge in [0.05, 0.1) is 25.8 Å². The highest BCUT2D eigenvalue weighted by Crippen LogP contribution is 2.13. The van der Waals surface area contributed by atoms with Crippen LogP contribution in [0.3, 0.4) is 0 Å². The first kappa shape index (κ1) is 18.4. The van der Waals surface area contributed by atoms with Crippen molar-refractivity contribution in [1.82, 2.24) is 15.2 Å². The lowest BCUT2D eigenvalue weighted by Gasteiger charge is -2.15. The van der Waals surface area contributed by atoms with E-state index < -0.39 is 0 Å². The van der Waals surface area contributed by atoms with Crippen LogP contribution >= 0.6 is 11.3 Å². The van der Waals surface area contributed by atoms with Crippen LogP contribution in [-0.4, -0.2) is 36.0 Å². The number of nitrogens with one attached hydrogen (secondary N) is 1. The third-order valence-corrected chi connectivity index (χ3v) is 4.74. The van der Waals surface area contributed by atoms with Crippen LogP contribution in [0, 0.1) is 0 Å². The first-order valence-corrected chi connectivity index (χ1v) is 9.07. The zero-order valence-corrected chi connectivity index (χ0v) is 15.4. The van der Waals surface area contributed by atoms with Crippen molar-refractivity contribution in [3.05, 3.63) is 45.9 Å². The number of amides is 1. The fourth-order valence-corrected chi connectivity index (χ4v) is 3.07. The Bertz CT molecular complexity index is 636. The number of carbonyl (C=O) groups is 1. The van der Waals surface area contributed by atoms with E-state index in [-0.39, 0.29) is 5.91 Å². The van der Waals surface area contributed by atoms with E-state index in [1.807, 2.05) is 24.3 Å². The van der Waals surface area contributed by atoms with Crippen molar-refractivity contribution < 1.29 is 9.53 Å². The smallest absolute Gasteiger partial charge is 0.224 e. The van der Waals surface area contributed by atoms with Gasteiger partial charge in [-0.25, -0.2) is 4.98 Å². The summed E-state index contributed by atoms with van der Waals surface area (Å²) in [5, 5.41) is 5.95. The summed E-state index contributed by atoms with van der Waals surface area (Å²) in [5.41, 5.74) is 2.04. The quantitative estimate of drug-likeness (QED) is 0.758. The van der Waals surface area contributed by atoms with Crippen LogP contribution in [0.1, 0.15) is 30.1 Å². The molecule has 1 heterocycles. The van der Waals surface area contributed by atoms with Gasteiger partial charge < -0.3 is 10.1 Å². The summed E-state index contributed by atoms with van der Waals surface area (Å²) in [6.45, 7) is 7.68. The molecule has 0 bridgehead atoms. The van der Waals surface area contributed by atoms with Gasteiger partial charge >= 0.3 is 0 Å². The van der Waals surface area contributed by atoms with E-state index in [2.05, 4.69) is 34.4 Å². The van der Waals surface area contributed by atoms with Crippen molar-refractivity contribution in [3.63, 3.8) is 0 Å². The van der Waals surface area contributed by atoms with Crippen LogP contribution in [0.15, 0.2) is 29.6 Å². The SMILES string of the molecule is CCN(CC)Cc1csc(CNC(=O)Cc2ccc(OC)cc2)n1. The molecule has 0 radical (unpaired) electrons. The second kappa shape index (κ2) is 9.39. The summed E-state index contributed by atoms with van der Waals surface area (Å²) in [5.74, 6) is 0.795. The minimum absolute atomic E-state index is 0.000611. The molecule has 0 atom stereocenters. The molecule has 5 nitrogen and oxygen atoms in total. The maximum atomic E-state index is 12.0. The molecule has 0 aliphatic heterocycles. The van der Waals surface area contributed by atoms with Crippen molar-refractivity contribution in [2.75, 3.05) is 20.2 Å². The van der Waals surface area contributed by atoms with Gasteiger partial charge in [0, 0.05) is 11.9 Å². The van der Waals surface area contributed by atoms with Gasteiger partial charge in [-0.1, -0.05) is 26.0 Å². The number of hydrogen-bond acceptors (Lipinski definition) is 5. The lowest BCUT2D eigenvalue weighted by molar-refractivity contribution is -0.120. The largest absolute Gasteiger partial charge is 0.497 e. The van der Waals surface area contributed by atoms with Gasteiger partial charge in [-0.05, 0) is 30.8 Å². The molecule has 0 spiro atoms. The molecule has 0 fully saturated rings. The number of hydrogen-bond donors (Lipinski definition) is 1. The average molecular weight is 347 g/mol. The number of nitrogens with zero attached hydrogens (tertiary/aromatic N) is 2. The Balaban J connectivity index is 1.80. The Morgan fingerprint density at radius 1 is 1.25 bits per heavy atom. The van der Waals surface area contributed by atoms with Gasteiger partial charge in [0.1, 0.15) is 10.8 Å². The van der Waals surface area contributed by atoms with Gasteiger partial charge in [-0.3, -0.25) is 9.69 Å². The highest BCUT2D eigenvalue weighted by atomic mass is 32.1. The highest BCUT2D eigenvalue weighted by Gasteiger charge is 2.08. The molecule has 0 saturated heterocycles. The van der Waals surface area contributed by atoms with E-state index in [0.717, 1.165) is 41.6 Å². The number of aromatic nitrogens is 1. The molecule has 2 rings (SSSR count). The van der Waals surface area contributed by atoms with Crippen molar-refractivity contribution in [1.29, 1.82) is 0 Å². The standard InChI is InChI=1S/C18H25N3O2S/c1-4-21(5-2)12-15-13-24-18(20-15)11-19-17(22)10-14-6-8-16(23-3)9-7-14/h6-9,13H,4-5,10-12H2,1-3H3,(H,19,22). The molecule has 2 aromatic rings. The monoisotopic (exact) mass is 347 g/mol. The van der Waals surface area contributed by atoms with Crippen LogP contribution in [0.5, 0.6) is 5.75 Å². The van der Waals surface area contributed by atoms with E-state index >= 15 is 0 Å². The Morgan fingerprint density at radius 3 is 2.58 bits per heavy atom. The summed E-state index contributed by atoms with van der Waals surface area (Å²) in [4.78, 5) is 19.0. The molecule has 24 heavy (non-hydrogen) atoms. The van der Waals surface area contributed by atoms with Crippen LogP contribution in [-0.2, 0) is 24.3 Å². The van der Waals surface area contributed by atoms with Gasteiger partial charge in [-0.2, -0.15) is 0 Å². The molecule has 130 valence electrons. The minimum Gasteiger partial charge on any atom is -0.497 e. The third-order valence-electron chi connectivity index (χ3n) is 3.84. The third kappa shape index (κ3) is 5.62. The maximum Gasteiger partial charge on any atom is 0.224 e. The second-order valence-electron chi connectivity index (χ2n) is 5.50. The van der Waals surface area contributed by atoms with E-state index in [9.17, 15) is 4.79 Å². The minimum atomic E-state index is 0.000611. The number of rotatable bonds is 9. The van der Waals surface area contributed by atoms with Crippen LogP contribution in [0.4, 0.5) is 0 Å². The van der Waals surface area contributed by atoms with E-state index in [4.69, 9.17) is 4.74 Å². The molecule has 1 N–H and O–H groups in total. The van der Waals surface area contributed by atoms with Gasteiger partial charge in [-0.15, -0.1) is 11.3 Å². The fraction of sp³-hybridized carbons (Fsp3) is 0.444. The molecule has 6 heteroatoms. The molecule has 1 aromatic carbocycles. The van der Waals surface area contributed by atoms with Gasteiger partial charge in [0.25, 0.3) is 0 Å². The lowest BCUT2D eigenvalue weighted by Crippen LogP contribution is -2.25. The number of benzene rings is 1. The number of methoxy groups -OCH3 is 1. The van der Waals surface area contributed by atoms with Crippen LogP contribution < -0.4 is 10.1 Å². The Hall–Kier alpha value is -1.92. The summed E-state index contributed by atoms with van der Waals surface area (Å²) in [7, 11) is 1.63. The Morgan fingerprint density at radius 2 is 1.96 bits per heavy atom. The van der Waals surface area contributed by atoms with Crippen molar-refractivity contribution in [3.8, 4) is 5.75 Å². The zero-order valence-electron chi connectivity index (χ0n) is 14.5. The summed E-state index contributed by atoms with van der Waals surface area (Å²) >= 11 is 1.60. The first-order valence-electron chi connectivity index (χ1n) is 8.19. The zero-order chi connectivity index (χ0) is 17.4. The number of thiazole rings is 1. The predicted molar refractivity (Wildman–Crippen MR) is 97.3 cm³/mol. The summed E-state index contributed by atoms with van der Waals surface area (Å²) in [6.07, 6.45) is 0.363. The van der Waals surface area contributed by atoms with E-state index in [1.165, 1.54) is 0 Å². The predicted octanol–water partition coefficient (Wildman–Crippen LogP) is 2.85. The molecular formula is C18H25N3O2S. The molecule has 1 amide bonds. The number of carbonyl (C=O) groups excluding carboxylic acids is 1.